The molecular weight excluding hydrogens is 252 g/mol. The van der Waals surface area contributed by atoms with Crippen LogP contribution in [0.4, 0.5) is 0 Å². The molecule has 0 radical (unpaired) electrons. The van der Waals surface area contributed by atoms with Gasteiger partial charge < -0.3 is 4.90 Å². The van der Waals surface area contributed by atoms with E-state index in [0.717, 1.165) is 18.3 Å². The molecule has 2 aliphatic rings. The van der Waals surface area contributed by atoms with Crippen molar-refractivity contribution >= 4 is 26.8 Å². The summed E-state index contributed by atoms with van der Waals surface area (Å²) >= 11 is 0. The lowest BCUT2D eigenvalue weighted by Gasteiger charge is -2.43. The van der Waals surface area contributed by atoms with Gasteiger partial charge in [0.1, 0.15) is 0 Å². The van der Waals surface area contributed by atoms with Gasteiger partial charge >= 0.3 is 0 Å². The monoisotopic (exact) mass is 274 g/mol. The summed E-state index contributed by atoms with van der Waals surface area (Å²) in [6, 6.07) is 1.23. The summed E-state index contributed by atoms with van der Waals surface area (Å²) in [5, 5.41) is 1.14. The fourth-order valence-corrected chi connectivity index (χ4v) is 4.74. The van der Waals surface area contributed by atoms with Crippen molar-refractivity contribution in [2.24, 2.45) is 4.99 Å². The maximum atomic E-state index is 4.78. The molecule has 0 spiro atoms. The van der Waals surface area contributed by atoms with Gasteiger partial charge in [-0.1, -0.05) is 0 Å². The Morgan fingerprint density at radius 3 is 2.29 bits per heavy atom. The first-order valence-electron chi connectivity index (χ1n) is 6.03. The lowest BCUT2D eigenvalue weighted by atomic mass is 10.1. The van der Waals surface area contributed by atoms with Gasteiger partial charge in [-0.2, -0.15) is 0 Å². The van der Waals surface area contributed by atoms with Crippen LogP contribution in [0, 0.1) is 0 Å². The molecule has 3 unspecified atom stereocenters. The van der Waals surface area contributed by atoms with E-state index in [1.807, 2.05) is 10.8 Å². The highest BCUT2D eigenvalue weighted by Gasteiger charge is 2.33. The SMILES string of the molecule is CC1CN(C2N=C(N(C)C)SS2)CC(C)N1C. The average Bonchev–Trinajstić information content (AvgIpc) is 2.74. The quantitative estimate of drug-likeness (QED) is 0.676. The number of nitrogens with zero attached hydrogens (tertiary/aromatic N) is 4. The van der Waals surface area contributed by atoms with E-state index in [1.165, 1.54) is 0 Å². The largest absolute Gasteiger partial charge is 0.357 e. The summed E-state index contributed by atoms with van der Waals surface area (Å²) in [6.07, 6.45) is 0. The number of hydrogen-bond donors (Lipinski definition) is 0. The molecular formula is C11H22N4S2. The Labute approximate surface area is 112 Å². The minimum absolute atomic E-state index is 0.302. The molecule has 4 nitrogen and oxygen atoms in total. The summed E-state index contributed by atoms with van der Waals surface area (Å²) in [6.45, 7) is 6.82. The zero-order chi connectivity index (χ0) is 12.6. The van der Waals surface area contributed by atoms with Crippen molar-refractivity contribution in [1.29, 1.82) is 0 Å². The Kier molecular flexibility index (Phi) is 4.28. The number of rotatable bonds is 1. The standard InChI is InChI=1S/C11H22N4S2/c1-8-6-15(7-9(2)14(8)5)11-12-10(13(3)4)16-17-11/h8-9,11H,6-7H2,1-5H3. The van der Waals surface area contributed by atoms with E-state index in [1.54, 1.807) is 10.8 Å². The minimum atomic E-state index is 0.302. The second kappa shape index (κ2) is 5.38. The molecule has 6 heteroatoms. The fraction of sp³-hybridized carbons (Fsp3) is 0.909. The Balaban J connectivity index is 2.00. The van der Waals surface area contributed by atoms with Crippen molar-refractivity contribution in [3.63, 3.8) is 0 Å². The topological polar surface area (TPSA) is 22.1 Å². The van der Waals surface area contributed by atoms with Gasteiger partial charge in [-0.3, -0.25) is 9.80 Å². The van der Waals surface area contributed by atoms with E-state index in [-0.39, 0.29) is 0 Å². The zero-order valence-electron chi connectivity index (χ0n) is 11.3. The number of aliphatic imine (C=N–C) groups is 1. The Bertz CT molecular complexity index is 296. The average molecular weight is 274 g/mol. The van der Waals surface area contributed by atoms with Gasteiger partial charge in [0.2, 0.25) is 0 Å². The Morgan fingerprint density at radius 1 is 1.24 bits per heavy atom. The van der Waals surface area contributed by atoms with Crippen molar-refractivity contribution in [3.05, 3.63) is 0 Å². The summed E-state index contributed by atoms with van der Waals surface area (Å²) < 4.78 is 0. The third-order valence-corrected chi connectivity index (χ3v) is 6.06. The third kappa shape index (κ3) is 2.92. The molecule has 0 amide bonds. The van der Waals surface area contributed by atoms with E-state index in [2.05, 4.69) is 49.7 Å². The molecule has 2 heterocycles. The van der Waals surface area contributed by atoms with E-state index in [4.69, 9.17) is 4.99 Å². The van der Waals surface area contributed by atoms with E-state index >= 15 is 0 Å². The first kappa shape index (κ1) is 13.5. The van der Waals surface area contributed by atoms with Gasteiger partial charge in [0.15, 0.2) is 10.7 Å². The maximum Gasteiger partial charge on any atom is 0.172 e. The van der Waals surface area contributed by atoms with E-state index in [9.17, 15) is 0 Å². The molecule has 17 heavy (non-hydrogen) atoms. The lowest BCUT2D eigenvalue weighted by Crippen LogP contribution is -2.56. The molecule has 0 aromatic heterocycles. The molecule has 0 aromatic rings. The Hall–Kier alpha value is 0.0900. The van der Waals surface area contributed by atoms with Gasteiger partial charge in [0, 0.05) is 39.3 Å². The van der Waals surface area contributed by atoms with Crippen LogP contribution in [0.3, 0.4) is 0 Å². The van der Waals surface area contributed by atoms with Crippen LogP contribution in [0.1, 0.15) is 13.8 Å². The molecule has 0 N–H and O–H groups in total. The van der Waals surface area contributed by atoms with Crippen molar-refractivity contribution in [3.8, 4) is 0 Å². The first-order valence-corrected chi connectivity index (χ1v) is 8.24. The summed E-state index contributed by atoms with van der Waals surface area (Å²) in [5.41, 5.74) is 0.302. The van der Waals surface area contributed by atoms with Crippen LogP contribution in [0.5, 0.6) is 0 Å². The lowest BCUT2D eigenvalue weighted by molar-refractivity contribution is 0.0554. The summed E-state index contributed by atoms with van der Waals surface area (Å²) in [5.74, 6) is 0. The third-order valence-electron chi connectivity index (χ3n) is 3.51. The van der Waals surface area contributed by atoms with Gasteiger partial charge in [0.05, 0.1) is 0 Å². The van der Waals surface area contributed by atoms with Crippen molar-refractivity contribution in [2.75, 3.05) is 34.2 Å². The summed E-state index contributed by atoms with van der Waals surface area (Å²) in [7, 11) is 10.0. The Morgan fingerprint density at radius 2 is 1.82 bits per heavy atom. The minimum Gasteiger partial charge on any atom is -0.357 e. The van der Waals surface area contributed by atoms with Crippen LogP contribution in [-0.2, 0) is 0 Å². The molecule has 0 aliphatic carbocycles. The maximum absolute atomic E-state index is 4.78. The van der Waals surface area contributed by atoms with Crippen molar-refractivity contribution < 1.29 is 0 Å². The van der Waals surface area contributed by atoms with Gasteiger partial charge in [-0.15, -0.1) is 0 Å². The normalized spacial score (nSPS) is 36.1. The molecule has 1 fully saturated rings. The predicted molar refractivity (Wildman–Crippen MR) is 78.4 cm³/mol. The highest BCUT2D eigenvalue weighted by Crippen LogP contribution is 2.39. The van der Waals surface area contributed by atoms with E-state index in [0.29, 0.717) is 17.6 Å². The van der Waals surface area contributed by atoms with Gasteiger partial charge in [0.25, 0.3) is 0 Å². The van der Waals surface area contributed by atoms with Crippen LogP contribution >= 0.6 is 21.6 Å². The zero-order valence-corrected chi connectivity index (χ0v) is 12.9. The summed E-state index contributed by atoms with van der Waals surface area (Å²) in [4.78, 5) is 11.8. The second-order valence-electron chi connectivity index (χ2n) is 5.13. The molecule has 0 saturated carbocycles. The molecule has 2 rings (SSSR count). The predicted octanol–water partition coefficient (Wildman–Crippen LogP) is 1.61. The van der Waals surface area contributed by atoms with Crippen LogP contribution in [-0.4, -0.2) is 71.7 Å². The van der Waals surface area contributed by atoms with Crippen molar-refractivity contribution in [2.45, 2.75) is 31.4 Å². The van der Waals surface area contributed by atoms with Crippen LogP contribution in [0.2, 0.25) is 0 Å². The number of piperazine rings is 1. The number of hydrogen-bond acceptors (Lipinski definition) is 6. The number of likely N-dealkylation sites (N-methyl/N-ethyl adjacent to an activating group) is 1. The highest BCUT2D eigenvalue weighted by atomic mass is 33.1. The van der Waals surface area contributed by atoms with Gasteiger partial charge in [-0.25, -0.2) is 4.99 Å². The molecule has 98 valence electrons. The number of amidine groups is 1. The fourth-order valence-electron chi connectivity index (χ4n) is 2.18. The molecule has 0 bridgehead atoms. The highest BCUT2D eigenvalue weighted by molar-refractivity contribution is 8.82. The van der Waals surface area contributed by atoms with Gasteiger partial charge in [-0.05, 0) is 42.5 Å². The van der Waals surface area contributed by atoms with E-state index < -0.39 is 0 Å². The van der Waals surface area contributed by atoms with Crippen LogP contribution in [0.15, 0.2) is 4.99 Å². The molecule has 3 atom stereocenters. The molecule has 1 saturated heterocycles. The molecule has 2 aliphatic heterocycles. The van der Waals surface area contributed by atoms with Crippen LogP contribution in [0.25, 0.3) is 0 Å². The smallest absolute Gasteiger partial charge is 0.172 e. The van der Waals surface area contributed by atoms with Crippen molar-refractivity contribution in [1.82, 2.24) is 14.7 Å². The molecule has 0 aromatic carbocycles. The van der Waals surface area contributed by atoms with Crippen LogP contribution < -0.4 is 0 Å². The second-order valence-corrected chi connectivity index (χ2v) is 7.35. The first-order chi connectivity index (χ1) is 7.99.